The van der Waals surface area contributed by atoms with Crippen LogP contribution in [-0.2, 0) is 14.3 Å². The molecule has 0 saturated heterocycles. The van der Waals surface area contributed by atoms with E-state index in [4.69, 9.17) is 9.47 Å². The van der Waals surface area contributed by atoms with Crippen LogP contribution in [0, 0.1) is 5.92 Å². The summed E-state index contributed by atoms with van der Waals surface area (Å²) < 4.78 is 10.7. The molecule has 0 bridgehead atoms. The van der Waals surface area contributed by atoms with Crippen LogP contribution in [-0.4, -0.2) is 25.8 Å². The highest BCUT2D eigenvalue weighted by molar-refractivity contribution is 5.86. The van der Waals surface area contributed by atoms with Gasteiger partial charge in [-0.2, -0.15) is 0 Å². The Hall–Kier alpha value is -0.830. The van der Waals surface area contributed by atoms with Crippen molar-refractivity contribution in [3.8, 4) is 0 Å². The second kappa shape index (κ2) is 12.2. The number of unbranched alkanes of at least 4 members (excludes halogenated alkanes) is 2. The number of carbonyl (C=O) groups is 1. The zero-order valence-corrected chi connectivity index (χ0v) is 12.9. The summed E-state index contributed by atoms with van der Waals surface area (Å²) in [7, 11) is 0. The summed E-state index contributed by atoms with van der Waals surface area (Å²) in [5, 5.41) is 0. The van der Waals surface area contributed by atoms with E-state index in [2.05, 4.69) is 20.4 Å². The molecular weight excluding hydrogens is 240 g/mol. The summed E-state index contributed by atoms with van der Waals surface area (Å²) in [5.41, 5.74) is 0.456. The molecule has 0 radical (unpaired) electrons. The van der Waals surface area contributed by atoms with Crippen molar-refractivity contribution in [2.45, 2.75) is 59.3 Å². The van der Waals surface area contributed by atoms with Gasteiger partial charge in [0.1, 0.15) is 0 Å². The monoisotopic (exact) mass is 270 g/mol. The molecule has 0 saturated carbocycles. The summed E-state index contributed by atoms with van der Waals surface area (Å²) in [6.07, 6.45) is 6.79. The molecule has 0 aliphatic rings. The fourth-order valence-corrected chi connectivity index (χ4v) is 1.74. The van der Waals surface area contributed by atoms with Crippen LogP contribution in [0.5, 0.6) is 0 Å². The van der Waals surface area contributed by atoms with Crippen molar-refractivity contribution in [1.29, 1.82) is 0 Å². The average molecular weight is 270 g/mol. The first-order valence-corrected chi connectivity index (χ1v) is 7.52. The topological polar surface area (TPSA) is 35.5 Å². The Kier molecular flexibility index (Phi) is 11.7. The summed E-state index contributed by atoms with van der Waals surface area (Å²) in [6, 6.07) is 0. The highest BCUT2D eigenvalue weighted by atomic mass is 16.5. The van der Waals surface area contributed by atoms with Gasteiger partial charge in [0.05, 0.1) is 6.61 Å². The summed E-state index contributed by atoms with van der Waals surface area (Å²) >= 11 is 0. The Morgan fingerprint density at radius 1 is 1.16 bits per heavy atom. The van der Waals surface area contributed by atoms with E-state index >= 15 is 0 Å². The summed E-state index contributed by atoms with van der Waals surface area (Å²) in [6.45, 7) is 11.7. The van der Waals surface area contributed by atoms with Crippen LogP contribution in [0.2, 0.25) is 0 Å². The van der Waals surface area contributed by atoms with E-state index in [1.54, 1.807) is 6.92 Å². The molecule has 0 aromatic rings. The van der Waals surface area contributed by atoms with E-state index in [0.717, 1.165) is 26.1 Å². The van der Waals surface area contributed by atoms with E-state index in [-0.39, 0.29) is 5.97 Å². The number of hydrogen-bond donors (Lipinski definition) is 0. The summed E-state index contributed by atoms with van der Waals surface area (Å²) in [4.78, 5) is 11.1. The van der Waals surface area contributed by atoms with Crippen LogP contribution < -0.4 is 0 Å². The lowest BCUT2D eigenvalue weighted by Gasteiger charge is -2.14. The lowest BCUT2D eigenvalue weighted by molar-refractivity contribution is -0.139. The Morgan fingerprint density at radius 2 is 1.84 bits per heavy atom. The molecule has 0 amide bonds. The molecule has 0 aliphatic heterocycles. The highest BCUT2D eigenvalue weighted by Gasteiger charge is 2.06. The van der Waals surface area contributed by atoms with Gasteiger partial charge in [-0.25, -0.2) is 4.79 Å². The normalized spacial score (nSPS) is 12.2. The Balaban J connectivity index is 3.39. The quantitative estimate of drug-likeness (QED) is 0.304. The van der Waals surface area contributed by atoms with Crippen molar-refractivity contribution < 1.29 is 14.3 Å². The average Bonchev–Trinajstić information content (AvgIpc) is 2.40. The van der Waals surface area contributed by atoms with Gasteiger partial charge in [-0.15, -0.1) is 0 Å². The zero-order chi connectivity index (χ0) is 14.5. The molecule has 19 heavy (non-hydrogen) atoms. The number of rotatable bonds is 12. The smallest absolute Gasteiger partial charge is 0.333 e. The van der Waals surface area contributed by atoms with Gasteiger partial charge in [0.15, 0.2) is 0 Å². The van der Waals surface area contributed by atoms with E-state index in [9.17, 15) is 4.79 Å². The van der Waals surface area contributed by atoms with Crippen molar-refractivity contribution >= 4 is 5.97 Å². The van der Waals surface area contributed by atoms with E-state index in [0.29, 0.717) is 18.1 Å². The van der Waals surface area contributed by atoms with Gasteiger partial charge in [0.25, 0.3) is 0 Å². The second-order valence-electron chi connectivity index (χ2n) is 5.11. The third kappa shape index (κ3) is 10.8. The largest absolute Gasteiger partial charge is 0.462 e. The van der Waals surface area contributed by atoms with Crippen LogP contribution in [0.4, 0.5) is 0 Å². The molecule has 1 atom stereocenters. The molecule has 0 spiro atoms. The minimum Gasteiger partial charge on any atom is -0.462 e. The maximum absolute atomic E-state index is 11.1. The van der Waals surface area contributed by atoms with Crippen molar-refractivity contribution in [1.82, 2.24) is 0 Å². The molecule has 0 aliphatic carbocycles. The number of carbonyl (C=O) groups excluding carboxylic acids is 1. The highest BCUT2D eigenvalue weighted by Crippen LogP contribution is 2.12. The molecule has 3 heteroatoms. The predicted octanol–water partition coefficient (Wildman–Crippen LogP) is 4.12. The van der Waals surface area contributed by atoms with Gasteiger partial charge >= 0.3 is 5.97 Å². The van der Waals surface area contributed by atoms with E-state index in [1.165, 1.54) is 25.7 Å². The third-order valence-electron chi connectivity index (χ3n) is 3.16. The van der Waals surface area contributed by atoms with Crippen molar-refractivity contribution in [3.05, 3.63) is 12.2 Å². The first-order chi connectivity index (χ1) is 9.11. The second-order valence-corrected chi connectivity index (χ2v) is 5.11. The lowest BCUT2D eigenvalue weighted by Crippen LogP contribution is -2.10. The first kappa shape index (κ1) is 18.2. The molecule has 3 nitrogen and oxygen atoms in total. The first-order valence-electron chi connectivity index (χ1n) is 7.52. The number of hydrogen-bond acceptors (Lipinski definition) is 3. The number of esters is 1. The molecule has 0 rings (SSSR count). The van der Waals surface area contributed by atoms with Crippen LogP contribution in [0.15, 0.2) is 12.2 Å². The molecule has 0 aromatic carbocycles. The molecule has 0 N–H and O–H groups in total. The maximum atomic E-state index is 11.1. The minimum atomic E-state index is -0.300. The van der Waals surface area contributed by atoms with Gasteiger partial charge in [-0.1, -0.05) is 39.7 Å². The van der Waals surface area contributed by atoms with Crippen molar-refractivity contribution in [2.24, 2.45) is 5.92 Å². The Morgan fingerprint density at radius 3 is 2.42 bits per heavy atom. The third-order valence-corrected chi connectivity index (χ3v) is 3.16. The maximum Gasteiger partial charge on any atom is 0.333 e. The van der Waals surface area contributed by atoms with Crippen LogP contribution in [0.3, 0.4) is 0 Å². The molecule has 0 fully saturated rings. The van der Waals surface area contributed by atoms with Gasteiger partial charge < -0.3 is 9.47 Å². The molecule has 1 unspecified atom stereocenters. The lowest BCUT2D eigenvalue weighted by atomic mass is 10.0. The molecular formula is C16H30O3. The zero-order valence-electron chi connectivity index (χ0n) is 12.9. The van der Waals surface area contributed by atoms with Gasteiger partial charge in [0, 0.05) is 18.8 Å². The van der Waals surface area contributed by atoms with Crippen LogP contribution in [0.1, 0.15) is 59.3 Å². The van der Waals surface area contributed by atoms with Gasteiger partial charge in [-0.05, 0) is 32.1 Å². The van der Waals surface area contributed by atoms with Gasteiger partial charge in [0.2, 0.25) is 0 Å². The van der Waals surface area contributed by atoms with Crippen LogP contribution in [0.25, 0.3) is 0 Å². The van der Waals surface area contributed by atoms with Crippen LogP contribution >= 0.6 is 0 Å². The Labute approximate surface area is 118 Å². The van der Waals surface area contributed by atoms with Gasteiger partial charge in [-0.3, -0.25) is 0 Å². The SMILES string of the molecule is C=C(C)C(=O)OCCCCOCC(CC)CCCC. The standard InChI is InChI=1S/C16H30O3/c1-5-7-10-15(6-2)13-18-11-8-9-12-19-16(17)14(3)4/h15H,3,5-13H2,1-2,4H3. The van der Waals surface area contributed by atoms with E-state index in [1.807, 2.05) is 0 Å². The molecule has 0 heterocycles. The van der Waals surface area contributed by atoms with Crippen molar-refractivity contribution in [3.63, 3.8) is 0 Å². The molecule has 0 aromatic heterocycles. The Bertz CT molecular complexity index is 248. The van der Waals surface area contributed by atoms with E-state index < -0.39 is 0 Å². The number of ether oxygens (including phenoxy) is 2. The minimum absolute atomic E-state index is 0.300. The van der Waals surface area contributed by atoms with Crippen molar-refractivity contribution in [2.75, 3.05) is 19.8 Å². The fourth-order valence-electron chi connectivity index (χ4n) is 1.74. The predicted molar refractivity (Wildman–Crippen MR) is 79.1 cm³/mol. The summed E-state index contributed by atoms with van der Waals surface area (Å²) in [5.74, 6) is 0.396. The fraction of sp³-hybridized carbons (Fsp3) is 0.812. The molecule has 112 valence electrons.